The predicted octanol–water partition coefficient (Wildman–Crippen LogP) is 0.373. The summed E-state index contributed by atoms with van der Waals surface area (Å²) in [4.78, 5) is 13.1. The Morgan fingerprint density at radius 3 is 2.58 bits per heavy atom. The Hall–Kier alpha value is -0.220. The molecule has 0 spiro atoms. The fourth-order valence-electron chi connectivity index (χ4n) is 0.634. The molecule has 0 bridgehead atoms. The van der Waals surface area contributed by atoms with Crippen molar-refractivity contribution in [2.24, 2.45) is 0 Å². The van der Waals surface area contributed by atoms with Gasteiger partial charge in [0.25, 0.3) is 0 Å². The molecule has 0 fully saturated rings. The highest BCUT2D eigenvalue weighted by Crippen LogP contribution is 1.89. The normalized spacial score (nSPS) is 13.1. The molecule has 0 saturated heterocycles. The van der Waals surface area contributed by atoms with Crippen LogP contribution in [-0.4, -0.2) is 43.2 Å². The maximum absolute atomic E-state index is 11.0. The lowest BCUT2D eigenvalue weighted by molar-refractivity contribution is -0.120. The first-order chi connectivity index (χ1) is 5.57. The first-order valence-electron chi connectivity index (χ1n) is 4.12. The van der Waals surface area contributed by atoms with E-state index in [2.05, 4.69) is 29.8 Å². The lowest BCUT2D eigenvalue weighted by Gasteiger charge is -2.19. The molecule has 1 amide bonds. The molecule has 0 rings (SSSR count). The van der Waals surface area contributed by atoms with Crippen LogP contribution in [0.5, 0.6) is 0 Å². The minimum atomic E-state index is 0.0821. The fraction of sp³-hybridized carbons (Fsp3) is 0.875. The number of hydrogen-bond acceptors (Lipinski definition) is 3. The zero-order chi connectivity index (χ0) is 9.56. The molecular formula is C8H18N2OS. The van der Waals surface area contributed by atoms with E-state index in [4.69, 9.17) is 0 Å². The molecule has 72 valence electrons. The van der Waals surface area contributed by atoms with Crippen molar-refractivity contribution in [3.8, 4) is 0 Å². The summed E-state index contributed by atoms with van der Waals surface area (Å²) < 4.78 is 0. The van der Waals surface area contributed by atoms with Crippen LogP contribution in [0.15, 0.2) is 0 Å². The minimum Gasteiger partial charge on any atom is -0.355 e. The zero-order valence-corrected chi connectivity index (χ0v) is 8.90. The minimum absolute atomic E-state index is 0.0821. The van der Waals surface area contributed by atoms with Crippen molar-refractivity contribution in [1.29, 1.82) is 0 Å². The van der Waals surface area contributed by atoms with Crippen LogP contribution in [-0.2, 0) is 4.79 Å². The molecule has 0 aromatic rings. The molecule has 3 nitrogen and oxygen atoms in total. The van der Waals surface area contributed by atoms with Gasteiger partial charge >= 0.3 is 0 Å². The highest BCUT2D eigenvalue weighted by molar-refractivity contribution is 7.80. The molecular weight excluding hydrogens is 172 g/mol. The average molecular weight is 190 g/mol. The van der Waals surface area contributed by atoms with Crippen LogP contribution in [0.2, 0.25) is 0 Å². The SMILES string of the molecule is CC(CNC(=O)CCS)N(C)C. The van der Waals surface area contributed by atoms with Crippen molar-refractivity contribution in [2.45, 2.75) is 19.4 Å². The summed E-state index contributed by atoms with van der Waals surface area (Å²) in [6.07, 6.45) is 0.503. The molecule has 0 radical (unpaired) electrons. The number of hydrogen-bond donors (Lipinski definition) is 2. The molecule has 0 aliphatic rings. The van der Waals surface area contributed by atoms with E-state index in [0.29, 0.717) is 24.8 Å². The summed E-state index contributed by atoms with van der Waals surface area (Å²) in [5.74, 6) is 0.695. The van der Waals surface area contributed by atoms with Gasteiger partial charge in [-0.3, -0.25) is 4.79 Å². The Labute approximate surface area is 79.9 Å². The van der Waals surface area contributed by atoms with Crippen molar-refractivity contribution in [2.75, 3.05) is 26.4 Å². The number of amides is 1. The molecule has 4 heteroatoms. The molecule has 0 saturated carbocycles. The topological polar surface area (TPSA) is 32.3 Å². The van der Waals surface area contributed by atoms with Gasteiger partial charge in [0.05, 0.1) is 0 Å². The molecule has 1 atom stereocenters. The van der Waals surface area contributed by atoms with Crippen molar-refractivity contribution in [3.63, 3.8) is 0 Å². The highest BCUT2D eigenvalue weighted by Gasteiger charge is 2.05. The second-order valence-corrected chi connectivity index (χ2v) is 3.54. The summed E-state index contributed by atoms with van der Waals surface area (Å²) in [6, 6.07) is 0.383. The van der Waals surface area contributed by atoms with E-state index in [-0.39, 0.29) is 5.91 Å². The van der Waals surface area contributed by atoms with Gasteiger partial charge in [0, 0.05) is 19.0 Å². The third kappa shape index (κ3) is 5.43. The number of rotatable bonds is 5. The molecule has 1 N–H and O–H groups in total. The van der Waals surface area contributed by atoms with E-state index in [0.717, 1.165) is 0 Å². The molecule has 0 aliphatic heterocycles. The molecule has 12 heavy (non-hydrogen) atoms. The number of nitrogens with one attached hydrogen (secondary N) is 1. The van der Waals surface area contributed by atoms with E-state index < -0.39 is 0 Å². The van der Waals surface area contributed by atoms with Gasteiger partial charge in [-0.15, -0.1) is 0 Å². The second-order valence-electron chi connectivity index (χ2n) is 3.09. The number of likely N-dealkylation sites (N-methyl/N-ethyl adjacent to an activating group) is 1. The molecule has 1 unspecified atom stereocenters. The first kappa shape index (κ1) is 11.8. The van der Waals surface area contributed by atoms with Gasteiger partial charge in [-0.25, -0.2) is 0 Å². The lowest BCUT2D eigenvalue weighted by atomic mass is 10.3. The number of carbonyl (C=O) groups excluding carboxylic acids is 1. The van der Waals surface area contributed by atoms with Gasteiger partial charge in [0.15, 0.2) is 0 Å². The third-order valence-electron chi connectivity index (χ3n) is 1.82. The Bertz CT molecular complexity index is 139. The zero-order valence-electron chi connectivity index (χ0n) is 8.00. The number of nitrogens with zero attached hydrogens (tertiary/aromatic N) is 1. The summed E-state index contributed by atoms with van der Waals surface area (Å²) in [5, 5.41) is 2.84. The number of thiol groups is 1. The predicted molar refractivity (Wildman–Crippen MR) is 54.6 cm³/mol. The van der Waals surface area contributed by atoms with Crippen LogP contribution in [0, 0.1) is 0 Å². The Morgan fingerprint density at radius 1 is 1.58 bits per heavy atom. The van der Waals surface area contributed by atoms with Gasteiger partial charge in [-0.2, -0.15) is 12.6 Å². The second kappa shape index (κ2) is 6.31. The van der Waals surface area contributed by atoms with Crippen molar-refractivity contribution >= 4 is 18.5 Å². The van der Waals surface area contributed by atoms with E-state index in [1.165, 1.54) is 0 Å². The van der Waals surface area contributed by atoms with Crippen LogP contribution in [0.1, 0.15) is 13.3 Å². The Morgan fingerprint density at radius 2 is 2.17 bits per heavy atom. The van der Waals surface area contributed by atoms with E-state index in [1.54, 1.807) is 0 Å². The van der Waals surface area contributed by atoms with Gasteiger partial charge in [0.1, 0.15) is 0 Å². The maximum Gasteiger partial charge on any atom is 0.220 e. The Kier molecular flexibility index (Phi) is 6.20. The quantitative estimate of drug-likeness (QED) is 0.614. The first-order valence-corrected chi connectivity index (χ1v) is 4.75. The maximum atomic E-state index is 11.0. The van der Waals surface area contributed by atoms with Gasteiger partial charge in [-0.05, 0) is 26.8 Å². The molecule has 0 heterocycles. The summed E-state index contributed by atoms with van der Waals surface area (Å²) >= 11 is 3.97. The lowest BCUT2D eigenvalue weighted by Crippen LogP contribution is -2.38. The molecule has 0 aliphatic carbocycles. The largest absolute Gasteiger partial charge is 0.355 e. The van der Waals surface area contributed by atoms with Crippen LogP contribution >= 0.6 is 12.6 Å². The van der Waals surface area contributed by atoms with Gasteiger partial charge < -0.3 is 10.2 Å². The van der Waals surface area contributed by atoms with Gasteiger partial charge in [-0.1, -0.05) is 0 Å². The van der Waals surface area contributed by atoms with E-state index >= 15 is 0 Å². The van der Waals surface area contributed by atoms with Crippen molar-refractivity contribution in [3.05, 3.63) is 0 Å². The van der Waals surface area contributed by atoms with Crippen molar-refractivity contribution < 1.29 is 4.79 Å². The van der Waals surface area contributed by atoms with Gasteiger partial charge in [0.2, 0.25) is 5.91 Å². The van der Waals surface area contributed by atoms with Crippen LogP contribution in [0.3, 0.4) is 0 Å². The average Bonchev–Trinajstić information content (AvgIpc) is 2.00. The smallest absolute Gasteiger partial charge is 0.220 e. The standard InChI is InChI=1S/C8H18N2OS/c1-7(10(2)3)6-9-8(11)4-5-12/h7,12H,4-6H2,1-3H3,(H,9,11). The van der Waals surface area contributed by atoms with Crippen molar-refractivity contribution in [1.82, 2.24) is 10.2 Å². The van der Waals surface area contributed by atoms with Crippen LogP contribution in [0.4, 0.5) is 0 Å². The fourth-order valence-corrected chi connectivity index (χ4v) is 0.837. The summed E-state index contributed by atoms with van der Waals surface area (Å²) in [5.41, 5.74) is 0. The van der Waals surface area contributed by atoms with E-state index in [9.17, 15) is 4.79 Å². The monoisotopic (exact) mass is 190 g/mol. The van der Waals surface area contributed by atoms with E-state index in [1.807, 2.05) is 14.1 Å². The number of carbonyl (C=O) groups is 1. The molecule has 0 aromatic heterocycles. The van der Waals surface area contributed by atoms with Crippen LogP contribution < -0.4 is 5.32 Å². The Balaban J connectivity index is 3.47. The van der Waals surface area contributed by atoms with Crippen LogP contribution in [0.25, 0.3) is 0 Å². The highest BCUT2D eigenvalue weighted by atomic mass is 32.1. The third-order valence-corrected chi connectivity index (χ3v) is 2.04. The summed E-state index contributed by atoms with van der Waals surface area (Å²) in [7, 11) is 3.99. The summed E-state index contributed by atoms with van der Waals surface area (Å²) in [6.45, 7) is 2.78. The molecule has 0 aromatic carbocycles.